The molecular formula is C26H29Cl2F4N3O2. The number of benzene rings is 2. The van der Waals surface area contributed by atoms with Gasteiger partial charge < -0.3 is 4.74 Å². The van der Waals surface area contributed by atoms with Crippen LogP contribution in [0, 0.1) is 5.82 Å². The van der Waals surface area contributed by atoms with Gasteiger partial charge in [-0.15, -0.1) is 0 Å². The van der Waals surface area contributed by atoms with Crippen molar-refractivity contribution in [3.05, 3.63) is 69.0 Å². The fraction of sp³-hybridized carbons (Fsp3) is 0.500. The number of carbonyl (C=O) groups excluding carboxylic acids is 1. The molecule has 0 aliphatic carbocycles. The van der Waals surface area contributed by atoms with Gasteiger partial charge >= 0.3 is 6.18 Å². The molecule has 11 heteroatoms. The molecule has 0 amide bonds. The van der Waals surface area contributed by atoms with E-state index in [2.05, 4.69) is 9.80 Å². The largest absolute Gasteiger partial charge is 0.419 e. The molecule has 0 N–H and O–H groups in total. The van der Waals surface area contributed by atoms with Gasteiger partial charge in [0, 0.05) is 44.7 Å². The second-order valence-electron chi connectivity index (χ2n) is 9.70. The molecule has 2 saturated heterocycles. The average Bonchev–Trinajstić information content (AvgIpc) is 3.24. The lowest BCUT2D eigenvalue weighted by Gasteiger charge is -2.29. The Morgan fingerprint density at radius 1 is 1.03 bits per heavy atom. The first-order valence-corrected chi connectivity index (χ1v) is 12.8. The molecule has 0 radical (unpaired) electrons. The number of ether oxygens (including phenoxy) is 1. The maximum Gasteiger partial charge on any atom is 0.419 e. The summed E-state index contributed by atoms with van der Waals surface area (Å²) in [5.74, 6) is -1.21. The first kappa shape index (κ1) is 28.3. The summed E-state index contributed by atoms with van der Waals surface area (Å²) in [7, 11) is 1.85. The van der Waals surface area contributed by atoms with Crippen molar-refractivity contribution in [3.63, 3.8) is 0 Å². The standard InChI is InChI=1S/C26H29Cl2F4N3O2/c1-33(12-17-2-4-21(24(29)10-17)26(30,31)32)25-16-35(14-19(36)13-34-6-8-37-9-7-34)15-20(25)18-3-5-22(27)23(28)11-18/h2-5,10-11,20,25H,6-9,12-16H2,1H3. The molecule has 2 aliphatic rings. The van der Waals surface area contributed by atoms with Crippen LogP contribution >= 0.6 is 23.2 Å². The second-order valence-corrected chi connectivity index (χ2v) is 10.5. The maximum absolute atomic E-state index is 14.2. The van der Waals surface area contributed by atoms with Crippen LogP contribution in [0.5, 0.6) is 0 Å². The van der Waals surface area contributed by atoms with Gasteiger partial charge in [-0.3, -0.25) is 19.5 Å². The number of hydrogen-bond donors (Lipinski definition) is 0. The summed E-state index contributed by atoms with van der Waals surface area (Å²) in [4.78, 5) is 19.0. The molecular weight excluding hydrogens is 533 g/mol. The zero-order valence-corrected chi connectivity index (χ0v) is 21.9. The number of carbonyl (C=O) groups is 1. The number of likely N-dealkylation sites (N-methyl/N-ethyl adjacent to an activating group) is 1. The molecule has 2 aliphatic heterocycles. The normalized spacial score (nSPS) is 21.6. The van der Waals surface area contributed by atoms with E-state index in [-0.39, 0.29) is 30.8 Å². The van der Waals surface area contributed by atoms with Crippen molar-refractivity contribution in [2.45, 2.75) is 24.7 Å². The van der Waals surface area contributed by atoms with Gasteiger partial charge in [0.25, 0.3) is 0 Å². The zero-order chi connectivity index (χ0) is 26.7. The molecule has 2 atom stereocenters. The Morgan fingerprint density at radius 2 is 1.73 bits per heavy atom. The van der Waals surface area contributed by atoms with Crippen molar-refractivity contribution < 1.29 is 27.1 Å². The predicted molar refractivity (Wildman–Crippen MR) is 135 cm³/mol. The summed E-state index contributed by atoms with van der Waals surface area (Å²) in [6, 6.07) is 8.37. The summed E-state index contributed by atoms with van der Waals surface area (Å²) in [5.41, 5.74) is 0.106. The van der Waals surface area contributed by atoms with Crippen LogP contribution < -0.4 is 0 Å². The third-order valence-electron chi connectivity index (χ3n) is 6.98. The first-order chi connectivity index (χ1) is 17.5. The topological polar surface area (TPSA) is 36.0 Å². The smallest absolute Gasteiger partial charge is 0.379 e. The number of halogens is 6. The van der Waals surface area contributed by atoms with E-state index in [1.165, 1.54) is 6.07 Å². The lowest BCUT2D eigenvalue weighted by Crippen LogP contribution is -2.42. The molecule has 37 heavy (non-hydrogen) atoms. The molecule has 4 rings (SSSR count). The zero-order valence-electron chi connectivity index (χ0n) is 20.4. The molecule has 0 spiro atoms. The van der Waals surface area contributed by atoms with Crippen molar-refractivity contribution in [1.82, 2.24) is 14.7 Å². The van der Waals surface area contributed by atoms with Crippen LogP contribution in [0.2, 0.25) is 10.0 Å². The number of rotatable bonds is 8. The van der Waals surface area contributed by atoms with E-state index >= 15 is 0 Å². The van der Waals surface area contributed by atoms with Gasteiger partial charge in [-0.2, -0.15) is 13.2 Å². The summed E-state index contributed by atoms with van der Waals surface area (Å²) in [5, 5.41) is 0.860. The molecule has 2 aromatic rings. The number of ketones is 1. The highest BCUT2D eigenvalue weighted by molar-refractivity contribution is 6.42. The Morgan fingerprint density at radius 3 is 2.38 bits per heavy atom. The Balaban J connectivity index is 1.49. The minimum absolute atomic E-state index is 0.0322. The van der Waals surface area contributed by atoms with Gasteiger partial charge in [-0.05, 0) is 42.4 Å². The van der Waals surface area contributed by atoms with Gasteiger partial charge in [-0.25, -0.2) is 4.39 Å². The summed E-state index contributed by atoms with van der Waals surface area (Å²) < 4.78 is 58.4. The van der Waals surface area contributed by atoms with E-state index in [4.69, 9.17) is 27.9 Å². The van der Waals surface area contributed by atoms with Gasteiger partial charge in [0.2, 0.25) is 0 Å². The number of morpholine rings is 1. The molecule has 0 bridgehead atoms. The van der Waals surface area contributed by atoms with E-state index in [0.29, 0.717) is 48.5 Å². The van der Waals surface area contributed by atoms with E-state index in [1.54, 1.807) is 6.07 Å². The molecule has 2 aromatic carbocycles. The average molecular weight is 562 g/mol. The Bertz CT molecular complexity index is 1110. The highest BCUT2D eigenvalue weighted by Gasteiger charge is 2.38. The van der Waals surface area contributed by atoms with Crippen molar-refractivity contribution in [2.24, 2.45) is 0 Å². The quantitative estimate of drug-likeness (QED) is 0.426. The van der Waals surface area contributed by atoms with Crippen molar-refractivity contribution in [1.29, 1.82) is 0 Å². The third kappa shape index (κ3) is 7.22. The number of alkyl halides is 3. The van der Waals surface area contributed by atoms with Gasteiger partial charge in [-0.1, -0.05) is 35.3 Å². The molecule has 2 unspecified atom stereocenters. The second kappa shape index (κ2) is 12.0. The summed E-state index contributed by atoms with van der Waals surface area (Å²) in [6.45, 7) is 4.76. The van der Waals surface area contributed by atoms with Crippen LogP contribution in [0.3, 0.4) is 0 Å². The van der Waals surface area contributed by atoms with E-state index < -0.39 is 17.6 Å². The van der Waals surface area contributed by atoms with E-state index in [9.17, 15) is 22.4 Å². The molecule has 2 fully saturated rings. The van der Waals surface area contributed by atoms with Crippen LogP contribution in [0.25, 0.3) is 0 Å². The Labute approximate surface area is 223 Å². The third-order valence-corrected chi connectivity index (χ3v) is 7.72. The SMILES string of the molecule is CN(Cc1ccc(C(F)(F)F)c(F)c1)C1CN(CC(=O)CN2CCOCC2)CC1c1ccc(Cl)c(Cl)c1. The van der Waals surface area contributed by atoms with Crippen molar-refractivity contribution in [2.75, 3.05) is 59.5 Å². The molecule has 202 valence electrons. The minimum Gasteiger partial charge on any atom is -0.379 e. The fourth-order valence-corrected chi connectivity index (χ4v) is 5.42. The van der Waals surface area contributed by atoms with Crippen molar-refractivity contribution >= 4 is 29.0 Å². The lowest BCUT2D eigenvalue weighted by molar-refractivity contribution is -0.140. The highest BCUT2D eigenvalue weighted by Crippen LogP contribution is 2.35. The maximum atomic E-state index is 14.2. The van der Waals surface area contributed by atoms with Crippen LogP contribution in [0.4, 0.5) is 17.6 Å². The molecule has 0 saturated carbocycles. The van der Waals surface area contributed by atoms with Crippen LogP contribution in [0.15, 0.2) is 36.4 Å². The monoisotopic (exact) mass is 561 g/mol. The van der Waals surface area contributed by atoms with E-state index in [1.807, 2.05) is 24.1 Å². The van der Waals surface area contributed by atoms with Gasteiger partial charge in [0.1, 0.15) is 5.82 Å². The molecule has 2 heterocycles. The van der Waals surface area contributed by atoms with Gasteiger partial charge in [0.15, 0.2) is 5.78 Å². The lowest BCUT2D eigenvalue weighted by atomic mass is 9.93. The number of hydrogen-bond acceptors (Lipinski definition) is 5. The number of likely N-dealkylation sites (tertiary alicyclic amines) is 1. The Hall–Kier alpha value is -1.75. The first-order valence-electron chi connectivity index (χ1n) is 12.1. The van der Waals surface area contributed by atoms with E-state index in [0.717, 1.165) is 30.8 Å². The molecule has 5 nitrogen and oxygen atoms in total. The number of nitrogens with zero attached hydrogens (tertiary/aromatic N) is 3. The van der Waals surface area contributed by atoms with Crippen LogP contribution in [-0.4, -0.2) is 86.1 Å². The van der Waals surface area contributed by atoms with Crippen LogP contribution in [0.1, 0.15) is 22.6 Å². The predicted octanol–water partition coefficient (Wildman–Crippen LogP) is 4.95. The minimum atomic E-state index is -4.74. The van der Waals surface area contributed by atoms with Crippen molar-refractivity contribution in [3.8, 4) is 0 Å². The Kier molecular flexibility index (Phi) is 9.14. The fourth-order valence-electron chi connectivity index (χ4n) is 5.11. The summed E-state index contributed by atoms with van der Waals surface area (Å²) >= 11 is 12.4. The molecule has 0 aromatic heterocycles. The van der Waals surface area contributed by atoms with Crippen LogP contribution in [-0.2, 0) is 22.3 Å². The van der Waals surface area contributed by atoms with Gasteiger partial charge in [0.05, 0.1) is 41.9 Å². The highest BCUT2D eigenvalue weighted by atomic mass is 35.5. The number of Topliss-reactive ketones (excluding diaryl/α,β-unsaturated/α-hetero) is 1. The summed E-state index contributed by atoms with van der Waals surface area (Å²) in [6.07, 6.45) is -4.74.